The number of aromatic nitrogens is 1. The Morgan fingerprint density at radius 3 is 2.68 bits per heavy atom. The van der Waals surface area contributed by atoms with Crippen molar-refractivity contribution in [1.82, 2.24) is 9.88 Å². The zero-order chi connectivity index (χ0) is 19.5. The van der Waals surface area contributed by atoms with E-state index in [1.807, 2.05) is 40.6 Å². The minimum Gasteiger partial charge on any atom is -0.339 e. The van der Waals surface area contributed by atoms with Crippen LogP contribution in [0.15, 0.2) is 41.8 Å². The molecule has 0 N–H and O–H groups in total. The molecule has 0 bridgehead atoms. The first-order chi connectivity index (χ1) is 13.6. The van der Waals surface area contributed by atoms with Crippen LogP contribution in [0.1, 0.15) is 38.3 Å². The third-order valence-corrected chi connectivity index (χ3v) is 6.33. The molecular weight excluding hydrogens is 370 g/mol. The number of thiazole rings is 1. The van der Waals surface area contributed by atoms with E-state index in [0.29, 0.717) is 16.7 Å². The molecule has 2 amide bonds. The van der Waals surface area contributed by atoms with E-state index < -0.39 is 0 Å². The summed E-state index contributed by atoms with van der Waals surface area (Å²) in [5.74, 6) is 1.50. The van der Waals surface area contributed by atoms with Gasteiger partial charge in [-0.05, 0) is 55.7 Å². The molecule has 1 saturated carbocycles. The molecule has 0 radical (unpaired) electrons. The molecule has 6 heteroatoms. The highest BCUT2D eigenvalue weighted by atomic mass is 32.1. The lowest BCUT2D eigenvalue weighted by Crippen LogP contribution is -2.39. The molecular formula is C22H25N3O2S. The Labute approximate surface area is 169 Å². The summed E-state index contributed by atoms with van der Waals surface area (Å²) in [5.41, 5.74) is 1.49. The maximum Gasteiger partial charge on any atom is 0.246 e. The average Bonchev–Trinajstić information content (AvgIpc) is 3.47. The number of amides is 2. The van der Waals surface area contributed by atoms with Crippen LogP contribution >= 0.6 is 11.3 Å². The first kappa shape index (κ1) is 18.9. The van der Waals surface area contributed by atoms with Crippen LogP contribution in [0.25, 0.3) is 6.08 Å². The predicted molar refractivity (Wildman–Crippen MR) is 112 cm³/mol. The molecule has 1 atom stereocenters. The number of hydrogen-bond donors (Lipinski definition) is 0. The van der Waals surface area contributed by atoms with Crippen LogP contribution in [0.3, 0.4) is 0 Å². The van der Waals surface area contributed by atoms with Gasteiger partial charge < -0.3 is 4.90 Å². The summed E-state index contributed by atoms with van der Waals surface area (Å²) in [4.78, 5) is 32.8. The minimum atomic E-state index is -0.0911. The van der Waals surface area contributed by atoms with Crippen molar-refractivity contribution in [2.45, 2.75) is 32.6 Å². The summed E-state index contributed by atoms with van der Waals surface area (Å²) in [7, 11) is 0. The minimum absolute atomic E-state index is 0.0615. The van der Waals surface area contributed by atoms with E-state index in [0.717, 1.165) is 31.1 Å². The molecule has 2 fully saturated rings. The Hall–Kier alpha value is -2.47. The van der Waals surface area contributed by atoms with Crippen molar-refractivity contribution in [3.63, 3.8) is 0 Å². The largest absolute Gasteiger partial charge is 0.339 e. The van der Waals surface area contributed by atoms with Crippen molar-refractivity contribution < 1.29 is 9.59 Å². The average molecular weight is 396 g/mol. The van der Waals surface area contributed by atoms with Crippen LogP contribution in [0.2, 0.25) is 0 Å². The van der Waals surface area contributed by atoms with E-state index in [9.17, 15) is 9.59 Å². The fraction of sp³-hybridized carbons (Fsp3) is 0.409. The van der Waals surface area contributed by atoms with Crippen LogP contribution in [0.5, 0.6) is 0 Å². The summed E-state index contributed by atoms with van der Waals surface area (Å²) < 4.78 is 0. The van der Waals surface area contributed by atoms with E-state index in [-0.39, 0.29) is 11.8 Å². The third kappa shape index (κ3) is 4.33. The highest BCUT2D eigenvalue weighted by Gasteiger charge is 2.34. The van der Waals surface area contributed by atoms with Gasteiger partial charge in [0.25, 0.3) is 0 Å². The molecule has 5 nitrogen and oxygen atoms in total. The van der Waals surface area contributed by atoms with Crippen LogP contribution in [0.4, 0.5) is 10.8 Å². The number of piperidine rings is 1. The molecule has 0 spiro atoms. The van der Waals surface area contributed by atoms with Crippen LogP contribution in [-0.2, 0) is 9.59 Å². The molecule has 2 aromatic rings. The Bertz CT molecular complexity index is 873. The highest BCUT2D eigenvalue weighted by molar-refractivity contribution is 7.14. The smallest absolute Gasteiger partial charge is 0.246 e. The Balaban J connectivity index is 1.43. The number of benzene rings is 1. The fourth-order valence-electron chi connectivity index (χ4n) is 3.88. The Morgan fingerprint density at radius 1 is 1.18 bits per heavy atom. The number of carbonyl (C=O) groups excluding carboxylic acids is 2. The van der Waals surface area contributed by atoms with Crippen molar-refractivity contribution in [2.75, 3.05) is 18.0 Å². The quantitative estimate of drug-likeness (QED) is 0.701. The van der Waals surface area contributed by atoms with Crippen molar-refractivity contribution >= 4 is 40.0 Å². The van der Waals surface area contributed by atoms with Gasteiger partial charge in [-0.1, -0.05) is 18.2 Å². The zero-order valence-electron chi connectivity index (χ0n) is 16.1. The van der Waals surface area contributed by atoms with Crippen molar-refractivity contribution in [3.05, 3.63) is 47.5 Å². The maximum atomic E-state index is 12.6. The summed E-state index contributed by atoms with van der Waals surface area (Å²) >= 11 is 1.40. The van der Waals surface area contributed by atoms with Crippen LogP contribution in [-0.4, -0.2) is 34.8 Å². The van der Waals surface area contributed by atoms with Gasteiger partial charge in [-0.25, -0.2) is 4.98 Å². The zero-order valence-corrected chi connectivity index (χ0v) is 16.9. The van der Waals surface area contributed by atoms with E-state index >= 15 is 0 Å². The molecule has 2 aliphatic rings. The highest BCUT2D eigenvalue weighted by Crippen LogP contribution is 2.41. The van der Waals surface area contributed by atoms with Gasteiger partial charge in [-0.2, -0.15) is 0 Å². The predicted octanol–water partition coefficient (Wildman–Crippen LogP) is 4.49. The van der Waals surface area contributed by atoms with E-state index in [1.54, 1.807) is 17.1 Å². The maximum absolute atomic E-state index is 12.6. The van der Waals surface area contributed by atoms with E-state index in [4.69, 9.17) is 0 Å². The standard InChI is InChI=1S/C22H25N3O2S/c1-16(26)25(20-7-3-2-4-8-20)22-23-19(15-28-22)11-12-21(27)24-13-5-6-18(14-24)17-9-10-17/h2-4,7-8,11-12,15,17-18H,5-6,9-10,13-14H2,1H3/b12-11+. The first-order valence-electron chi connectivity index (χ1n) is 9.90. The number of nitrogens with zero attached hydrogens (tertiary/aromatic N) is 3. The normalized spacial score (nSPS) is 19.8. The summed E-state index contributed by atoms with van der Waals surface area (Å²) in [6.45, 7) is 3.27. The van der Waals surface area contributed by atoms with Gasteiger partial charge >= 0.3 is 0 Å². The van der Waals surface area contributed by atoms with Gasteiger partial charge in [-0.15, -0.1) is 11.3 Å². The van der Waals surface area contributed by atoms with Crippen molar-refractivity contribution in [1.29, 1.82) is 0 Å². The second kappa shape index (κ2) is 8.27. The molecule has 1 aromatic carbocycles. The topological polar surface area (TPSA) is 53.5 Å². The van der Waals surface area contributed by atoms with Crippen LogP contribution in [0, 0.1) is 11.8 Å². The number of anilines is 2. The third-order valence-electron chi connectivity index (χ3n) is 5.49. The van der Waals surface area contributed by atoms with Gasteiger partial charge in [0.15, 0.2) is 5.13 Å². The van der Waals surface area contributed by atoms with Gasteiger partial charge in [0, 0.05) is 31.5 Å². The van der Waals surface area contributed by atoms with Crippen LogP contribution < -0.4 is 4.90 Å². The molecule has 28 heavy (non-hydrogen) atoms. The lowest BCUT2D eigenvalue weighted by atomic mass is 9.93. The molecule has 1 aliphatic carbocycles. The Morgan fingerprint density at radius 2 is 1.96 bits per heavy atom. The monoisotopic (exact) mass is 395 g/mol. The number of para-hydroxylation sites is 1. The molecule has 1 aromatic heterocycles. The molecule has 1 saturated heterocycles. The second-order valence-electron chi connectivity index (χ2n) is 7.60. The van der Waals surface area contributed by atoms with Crippen molar-refractivity contribution in [3.8, 4) is 0 Å². The lowest BCUT2D eigenvalue weighted by Gasteiger charge is -2.32. The molecule has 1 aliphatic heterocycles. The fourth-order valence-corrected chi connectivity index (χ4v) is 4.74. The molecule has 2 heterocycles. The van der Waals surface area contributed by atoms with Gasteiger partial charge in [-0.3, -0.25) is 14.5 Å². The number of rotatable bonds is 5. The van der Waals surface area contributed by atoms with Gasteiger partial charge in [0.2, 0.25) is 11.8 Å². The van der Waals surface area contributed by atoms with Gasteiger partial charge in [0.1, 0.15) is 0 Å². The summed E-state index contributed by atoms with van der Waals surface area (Å²) in [5, 5.41) is 2.49. The number of hydrogen-bond acceptors (Lipinski definition) is 4. The summed E-state index contributed by atoms with van der Waals surface area (Å²) in [6.07, 6.45) is 8.40. The molecule has 4 rings (SSSR count). The van der Waals surface area contributed by atoms with Gasteiger partial charge in [0.05, 0.1) is 11.4 Å². The van der Waals surface area contributed by atoms with Crippen molar-refractivity contribution in [2.24, 2.45) is 11.8 Å². The Kier molecular flexibility index (Phi) is 5.57. The lowest BCUT2D eigenvalue weighted by molar-refractivity contribution is -0.127. The van der Waals surface area contributed by atoms with E-state index in [2.05, 4.69) is 4.98 Å². The molecule has 146 valence electrons. The van der Waals surface area contributed by atoms with E-state index in [1.165, 1.54) is 37.5 Å². The number of likely N-dealkylation sites (tertiary alicyclic amines) is 1. The molecule has 1 unspecified atom stereocenters. The number of carbonyl (C=O) groups is 2. The summed E-state index contributed by atoms with van der Waals surface area (Å²) in [6, 6.07) is 9.47. The second-order valence-corrected chi connectivity index (χ2v) is 8.44. The first-order valence-corrected chi connectivity index (χ1v) is 10.8. The SMILES string of the molecule is CC(=O)N(c1ccccc1)c1nc(/C=C/C(=O)N2CCCC(C3CC3)C2)cs1.